The molecule has 0 aliphatic carbocycles. The molecule has 6 nitrogen and oxygen atoms in total. The van der Waals surface area contributed by atoms with Crippen LogP contribution >= 0.6 is 0 Å². The van der Waals surface area contributed by atoms with E-state index in [1.54, 1.807) is 0 Å². The molecule has 0 fully saturated rings. The monoisotopic (exact) mass is 321 g/mol. The first-order valence-electron chi connectivity index (χ1n) is 6.78. The van der Waals surface area contributed by atoms with Crippen LogP contribution in [0.3, 0.4) is 0 Å². The van der Waals surface area contributed by atoms with Crippen LogP contribution < -0.4 is 10.0 Å². The van der Waals surface area contributed by atoms with E-state index in [-0.39, 0.29) is 10.8 Å². The lowest BCUT2D eigenvalue weighted by Crippen LogP contribution is -2.24. The fraction of sp³-hybridized carbons (Fsp3) is 0.267. The number of aromatic nitrogens is 1. The van der Waals surface area contributed by atoms with Crippen molar-refractivity contribution in [2.45, 2.75) is 18.4 Å². The number of hydrogen-bond acceptors (Lipinski definition) is 3. The van der Waals surface area contributed by atoms with Gasteiger partial charge in [-0.3, -0.25) is 4.79 Å². The molecule has 22 heavy (non-hydrogen) atoms. The summed E-state index contributed by atoms with van der Waals surface area (Å²) in [5.74, 6) is -0.243. The van der Waals surface area contributed by atoms with Gasteiger partial charge in [-0.25, -0.2) is 13.1 Å². The van der Waals surface area contributed by atoms with Gasteiger partial charge in [0.1, 0.15) is 0 Å². The highest BCUT2D eigenvalue weighted by atomic mass is 32.2. The zero-order chi connectivity index (χ0) is 16.3. The molecule has 0 unspecified atom stereocenters. The van der Waals surface area contributed by atoms with Gasteiger partial charge in [0.05, 0.1) is 11.4 Å². The smallest absolute Gasteiger partial charge is 0.251 e. The Hall–Kier alpha value is -2.12. The number of nitrogens with one attached hydrogen (secondary N) is 2. The van der Waals surface area contributed by atoms with Gasteiger partial charge in [0, 0.05) is 24.0 Å². The van der Waals surface area contributed by atoms with E-state index in [4.69, 9.17) is 0 Å². The quantitative estimate of drug-likeness (QED) is 0.867. The van der Waals surface area contributed by atoms with Crippen LogP contribution in [0, 0.1) is 6.92 Å². The summed E-state index contributed by atoms with van der Waals surface area (Å²) in [6.45, 7) is 2.41. The molecule has 1 heterocycles. The predicted octanol–water partition coefficient (Wildman–Crippen LogP) is 1.17. The highest BCUT2D eigenvalue weighted by Gasteiger charge is 2.12. The Morgan fingerprint density at radius 1 is 1.14 bits per heavy atom. The van der Waals surface area contributed by atoms with Gasteiger partial charge in [-0.1, -0.05) is 0 Å². The summed E-state index contributed by atoms with van der Waals surface area (Å²) in [5.41, 5.74) is 2.53. The Morgan fingerprint density at radius 3 is 2.27 bits per heavy atom. The molecule has 0 radical (unpaired) electrons. The first-order valence-corrected chi connectivity index (χ1v) is 8.26. The summed E-state index contributed by atoms with van der Waals surface area (Å²) in [6, 6.07) is 9.75. The summed E-state index contributed by atoms with van der Waals surface area (Å²) in [6.07, 6.45) is 0. The number of aryl methyl sites for hydroxylation is 1. The number of sulfonamides is 1. The molecule has 0 saturated carbocycles. The summed E-state index contributed by atoms with van der Waals surface area (Å²) in [4.78, 5) is 12.2. The van der Waals surface area contributed by atoms with E-state index in [0.717, 1.165) is 11.4 Å². The molecule has 2 N–H and O–H groups in total. The normalized spacial score (nSPS) is 11.4. The maximum absolute atomic E-state index is 12.1. The van der Waals surface area contributed by atoms with Crippen molar-refractivity contribution >= 4 is 15.9 Å². The Morgan fingerprint density at radius 2 is 1.77 bits per heavy atom. The van der Waals surface area contributed by atoms with E-state index in [0.29, 0.717) is 12.1 Å². The number of carbonyl (C=O) groups is 1. The predicted molar refractivity (Wildman–Crippen MR) is 84.0 cm³/mol. The van der Waals surface area contributed by atoms with Gasteiger partial charge >= 0.3 is 0 Å². The highest BCUT2D eigenvalue weighted by molar-refractivity contribution is 7.89. The molecule has 0 aliphatic heterocycles. The molecule has 0 saturated heterocycles. The van der Waals surface area contributed by atoms with Crippen LogP contribution in [0.5, 0.6) is 0 Å². The van der Waals surface area contributed by atoms with Crippen molar-refractivity contribution in [1.82, 2.24) is 14.6 Å². The molecule has 0 aliphatic rings. The topological polar surface area (TPSA) is 80.2 Å². The number of hydrogen-bond donors (Lipinski definition) is 2. The summed E-state index contributed by atoms with van der Waals surface area (Å²) in [5, 5.41) is 2.82. The third kappa shape index (κ3) is 3.37. The number of rotatable bonds is 5. The van der Waals surface area contributed by atoms with Crippen LogP contribution in [0.2, 0.25) is 0 Å². The fourth-order valence-electron chi connectivity index (χ4n) is 2.02. The molecule has 7 heteroatoms. The van der Waals surface area contributed by atoms with Crippen LogP contribution in [-0.2, 0) is 23.6 Å². The van der Waals surface area contributed by atoms with E-state index >= 15 is 0 Å². The lowest BCUT2D eigenvalue weighted by molar-refractivity contribution is 0.0950. The van der Waals surface area contributed by atoms with Crippen LogP contribution in [-0.4, -0.2) is 25.9 Å². The third-order valence-electron chi connectivity index (χ3n) is 3.60. The fourth-order valence-corrected chi connectivity index (χ4v) is 2.75. The van der Waals surface area contributed by atoms with Gasteiger partial charge in [0.25, 0.3) is 5.91 Å². The molecular weight excluding hydrogens is 302 g/mol. The van der Waals surface area contributed by atoms with E-state index in [9.17, 15) is 13.2 Å². The Labute approximate surface area is 130 Å². The molecule has 1 aromatic heterocycles. The minimum absolute atomic E-state index is 0.129. The van der Waals surface area contributed by atoms with Crippen molar-refractivity contribution in [3.63, 3.8) is 0 Å². The number of amides is 1. The molecule has 2 aromatic rings. The van der Waals surface area contributed by atoms with Crippen molar-refractivity contribution < 1.29 is 13.2 Å². The number of nitrogens with zero attached hydrogens (tertiary/aromatic N) is 1. The van der Waals surface area contributed by atoms with Crippen molar-refractivity contribution in [2.24, 2.45) is 7.05 Å². The maximum Gasteiger partial charge on any atom is 0.251 e. The molecule has 0 bridgehead atoms. The van der Waals surface area contributed by atoms with Crippen LogP contribution in [0.25, 0.3) is 0 Å². The number of benzene rings is 1. The SMILES string of the molecule is CNS(=O)(=O)c1ccc(C(=O)NCc2ccc(C)n2C)cc1. The molecule has 118 valence electrons. The average molecular weight is 321 g/mol. The van der Waals surface area contributed by atoms with Crippen molar-refractivity contribution in [3.05, 3.63) is 53.3 Å². The maximum atomic E-state index is 12.1. The molecular formula is C15H19N3O3S. The van der Waals surface area contributed by atoms with Gasteiger partial charge in [-0.15, -0.1) is 0 Å². The van der Waals surface area contributed by atoms with E-state index in [2.05, 4.69) is 10.0 Å². The van der Waals surface area contributed by atoms with Crippen LogP contribution in [0.1, 0.15) is 21.7 Å². The van der Waals surface area contributed by atoms with E-state index in [1.807, 2.05) is 30.7 Å². The largest absolute Gasteiger partial charge is 0.350 e. The van der Waals surface area contributed by atoms with Crippen molar-refractivity contribution in [1.29, 1.82) is 0 Å². The van der Waals surface area contributed by atoms with Gasteiger partial charge < -0.3 is 9.88 Å². The Bertz CT molecular complexity index is 777. The van der Waals surface area contributed by atoms with E-state index in [1.165, 1.54) is 31.3 Å². The van der Waals surface area contributed by atoms with Gasteiger partial charge in [-0.2, -0.15) is 0 Å². The third-order valence-corrected chi connectivity index (χ3v) is 5.03. The number of carbonyl (C=O) groups excluding carboxylic acids is 1. The molecule has 1 amide bonds. The summed E-state index contributed by atoms with van der Waals surface area (Å²) in [7, 11) is -0.200. The molecule has 2 rings (SSSR count). The molecule has 1 aromatic carbocycles. The van der Waals surface area contributed by atoms with Gasteiger partial charge in [0.2, 0.25) is 10.0 Å². The van der Waals surface area contributed by atoms with Crippen LogP contribution in [0.4, 0.5) is 0 Å². The molecule has 0 spiro atoms. The van der Waals surface area contributed by atoms with Gasteiger partial charge in [0.15, 0.2) is 0 Å². The van der Waals surface area contributed by atoms with Gasteiger partial charge in [-0.05, 0) is 50.4 Å². The Kier molecular flexibility index (Phi) is 4.68. The van der Waals surface area contributed by atoms with Crippen LogP contribution in [0.15, 0.2) is 41.3 Å². The van der Waals surface area contributed by atoms with E-state index < -0.39 is 10.0 Å². The zero-order valence-electron chi connectivity index (χ0n) is 12.8. The standard InChI is InChI=1S/C15H19N3O3S/c1-11-4-7-13(18(11)3)10-17-15(19)12-5-8-14(9-6-12)22(20,21)16-2/h4-9,16H,10H2,1-3H3,(H,17,19). The first-order chi connectivity index (χ1) is 10.3. The Balaban J connectivity index is 2.06. The highest BCUT2D eigenvalue weighted by Crippen LogP contribution is 2.11. The second kappa shape index (κ2) is 6.33. The minimum Gasteiger partial charge on any atom is -0.350 e. The summed E-state index contributed by atoms with van der Waals surface area (Å²) < 4.78 is 27.5. The van der Waals surface area contributed by atoms with Crippen molar-refractivity contribution in [2.75, 3.05) is 7.05 Å². The second-order valence-electron chi connectivity index (χ2n) is 4.94. The average Bonchev–Trinajstić information content (AvgIpc) is 2.84. The second-order valence-corrected chi connectivity index (χ2v) is 6.83. The lowest BCUT2D eigenvalue weighted by Gasteiger charge is -2.08. The summed E-state index contributed by atoms with van der Waals surface area (Å²) >= 11 is 0. The zero-order valence-corrected chi connectivity index (χ0v) is 13.6. The minimum atomic E-state index is -3.48. The molecule has 0 atom stereocenters. The van der Waals surface area contributed by atoms with Crippen molar-refractivity contribution in [3.8, 4) is 0 Å². The first kappa shape index (κ1) is 16.3. The lowest BCUT2D eigenvalue weighted by atomic mass is 10.2.